The van der Waals surface area contributed by atoms with E-state index in [9.17, 15) is 14.4 Å². The lowest BCUT2D eigenvalue weighted by Crippen LogP contribution is -2.36. The Morgan fingerprint density at radius 2 is 1.51 bits per heavy atom. The van der Waals surface area contributed by atoms with E-state index in [1.807, 2.05) is 19.1 Å². The van der Waals surface area contributed by atoms with Crippen LogP contribution in [0, 0.1) is 24.7 Å². The quantitative estimate of drug-likeness (QED) is 0.0857. The van der Waals surface area contributed by atoms with Crippen LogP contribution in [-0.2, 0) is 14.4 Å². The molecule has 12 heteroatoms. The van der Waals surface area contributed by atoms with Crippen molar-refractivity contribution in [2.24, 2.45) is 22.7 Å². The molecule has 3 N–H and O–H groups in total. The number of likely N-dealkylation sites (tertiary alicyclic amines) is 1. The zero-order valence-corrected chi connectivity index (χ0v) is 34.2. The first-order chi connectivity index (χ1) is 24.2. The molecule has 1 saturated heterocycles. The number of carbonyl (C=O) groups excluding carboxylic acids is 3. The number of nitrogens with zero attached hydrogens (tertiary/aromatic N) is 2. The monoisotopic (exact) mass is 786 g/mol. The van der Waals surface area contributed by atoms with Gasteiger partial charge in [-0.25, -0.2) is 0 Å². The molecule has 0 bridgehead atoms. The summed E-state index contributed by atoms with van der Waals surface area (Å²) in [5.74, 6) is 0.891. The van der Waals surface area contributed by atoms with Crippen molar-refractivity contribution in [3.8, 4) is 12.8 Å². The zero-order valence-electron chi connectivity index (χ0n) is 31.2. The molecule has 0 radical (unpaired) electrons. The molecule has 2 aromatic rings. The van der Waals surface area contributed by atoms with Gasteiger partial charge in [0.1, 0.15) is 12.4 Å². The Kier molecular flexibility index (Phi) is 31.5. The minimum absolute atomic E-state index is 0.217. The first-order valence-corrected chi connectivity index (χ1v) is 18.9. The number of halogens is 4. The van der Waals surface area contributed by atoms with Crippen LogP contribution in [0.15, 0.2) is 47.6 Å². The largest absolute Gasteiger partial charge is 0.396 e. The van der Waals surface area contributed by atoms with Crippen LogP contribution < -0.4 is 11.1 Å². The molecular weight excluding hydrogens is 730 g/mol. The number of nitrogens with two attached hydrogens (primary N) is 1. The average molecular weight is 789 g/mol. The number of hydrogen-bond acceptors (Lipinski definition) is 6. The van der Waals surface area contributed by atoms with Crippen LogP contribution in [-0.4, -0.2) is 61.0 Å². The summed E-state index contributed by atoms with van der Waals surface area (Å²) in [6, 6.07) is 12.0. The van der Waals surface area contributed by atoms with E-state index in [1.165, 1.54) is 25.7 Å². The number of nitrogens with one attached hydrogen (secondary N) is 1. The van der Waals surface area contributed by atoms with E-state index >= 15 is 0 Å². The SMILES string of the molecule is C#C.CCC(N)=O.CCCCCC(C)=O.CCO/N=C(\CNC(=O)c1cc(Cl)cc(Cl)c1)C(C)CCN1CCC(C)CC1.Clc1ccccc1Cl. The Morgan fingerprint density at radius 1 is 0.980 bits per heavy atom. The van der Waals surface area contributed by atoms with Gasteiger partial charge in [-0.3, -0.25) is 9.59 Å². The van der Waals surface area contributed by atoms with E-state index < -0.39 is 0 Å². The number of ketones is 1. The van der Waals surface area contributed by atoms with Crippen molar-refractivity contribution in [2.75, 3.05) is 32.8 Å². The third kappa shape index (κ3) is 27.5. The fraction of sp³-hybridized carbons (Fsp3) is 0.538. The maximum atomic E-state index is 12.5. The van der Waals surface area contributed by atoms with Crippen LogP contribution in [0.5, 0.6) is 0 Å². The van der Waals surface area contributed by atoms with Crippen LogP contribution in [0.25, 0.3) is 0 Å². The summed E-state index contributed by atoms with van der Waals surface area (Å²) >= 11 is 23.1. The predicted molar refractivity (Wildman–Crippen MR) is 217 cm³/mol. The Hall–Kier alpha value is -2.80. The second-order valence-electron chi connectivity index (χ2n) is 11.9. The van der Waals surface area contributed by atoms with Crippen molar-refractivity contribution >= 4 is 69.7 Å². The third-order valence-electron chi connectivity index (χ3n) is 7.49. The van der Waals surface area contributed by atoms with E-state index in [1.54, 1.807) is 44.2 Å². The van der Waals surface area contributed by atoms with E-state index in [2.05, 4.69) is 54.7 Å². The number of unbranched alkanes of at least 4 members (excludes halogenated alkanes) is 2. The van der Waals surface area contributed by atoms with Crippen LogP contribution in [0.3, 0.4) is 0 Å². The van der Waals surface area contributed by atoms with E-state index in [4.69, 9.17) is 51.2 Å². The lowest BCUT2D eigenvalue weighted by Gasteiger charge is -2.31. The van der Waals surface area contributed by atoms with Crippen molar-refractivity contribution in [3.63, 3.8) is 0 Å². The average Bonchev–Trinajstić information content (AvgIpc) is 3.10. The molecule has 51 heavy (non-hydrogen) atoms. The molecule has 3 rings (SSSR count). The topological polar surface area (TPSA) is 114 Å². The third-order valence-corrected chi connectivity index (χ3v) is 8.69. The summed E-state index contributed by atoms with van der Waals surface area (Å²) in [5, 5.41) is 9.24. The standard InChI is InChI=1S/C21H31Cl2N3O2.C7H14O.C6H4Cl2.C3H7NO.C2H2/c1-4-28-25-20(16(3)7-10-26-8-5-15(2)6-9-26)14-24-21(27)17-11-18(22)13-19(23)12-17;1-3-4-5-6-7(2)8;7-5-3-1-2-4-6(5)8;1-2-3(4)5;1-2/h11-13,15-16H,4-10,14H2,1-3H3,(H,24,27);3-6H2,1-2H3;1-4H;2H2,1H3,(H2,4,5);1-2H/b25-20+;;;;. The Bertz CT molecular complexity index is 1270. The second kappa shape index (κ2) is 31.9. The second-order valence-corrected chi connectivity index (χ2v) is 13.6. The van der Waals surface area contributed by atoms with Gasteiger partial charge in [0.05, 0.1) is 22.3 Å². The van der Waals surface area contributed by atoms with E-state index in [0.29, 0.717) is 51.0 Å². The van der Waals surface area contributed by atoms with Gasteiger partial charge in [0, 0.05) is 34.4 Å². The maximum Gasteiger partial charge on any atom is 0.251 e. The van der Waals surface area contributed by atoms with Crippen molar-refractivity contribution in [1.82, 2.24) is 10.2 Å². The molecule has 2 aromatic carbocycles. The summed E-state index contributed by atoms with van der Waals surface area (Å²) in [6.45, 7) is 16.1. The molecule has 0 saturated carbocycles. The Balaban J connectivity index is 0. The van der Waals surface area contributed by atoms with Crippen molar-refractivity contribution < 1.29 is 19.2 Å². The number of piperidine rings is 1. The molecule has 1 unspecified atom stereocenters. The Morgan fingerprint density at radius 3 is 1.94 bits per heavy atom. The first kappa shape index (κ1) is 50.3. The van der Waals surface area contributed by atoms with Gasteiger partial charge in [-0.05, 0) is 95.4 Å². The van der Waals surface area contributed by atoms with Gasteiger partial charge in [0.15, 0.2) is 0 Å². The smallest absolute Gasteiger partial charge is 0.251 e. The molecule has 1 atom stereocenters. The van der Waals surface area contributed by atoms with Crippen LogP contribution in [0.1, 0.15) is 103 Å². The summed E-state index contributed by atoms with van der Waals surface area (Å²) in [7, 11) is 0. The van der Waals surface area contributed by atoms with Crippen LogP contribution >= 0.6 is 46.4 Å². The van der Waals surface area contributed by atoms with Crippen molar-refractivity contribution in [2.45, 2.75) is 92.9 Å². The van der Waals surface area contributed by atoms with Gasteiger partial charge in [-0.15, -0.1) is 12.8 Å². The number of primary amides is 1. The minimum Gasteiger partial charge on any atom is -0.396 e. The van der Waals surface area contributed by atoms with Gasteiger partial charge < -0.3 is 25.6 Å². The fourth-order valence-electron chi connectivity index (χ4n) is 4.29. The minimum atomic E-state index is -0.245. The highest BCUT2D eigenvalue weighted by atomic mass is 35.5. The summed E-state index contributed by atoms with van der Waals surface area (Å²) < 4.78 is 0. The number of rotatable bonds is 14. The highest BCUT2D eigenvalue weighted by molar-refractivity contribution is 6.41. The van der Waals surface area contributed by atoms with E-state index in [0.717, 1.165) is 50.5 Å². The zero-order chi connectivity index (χ0) is 39.2. The lowest BCUT2D eigenvalue weighted by atomic mass is 9.97. The molecule has 286 valence electrons. The Labute approximate surface area is 327 Å². The van der Waals surface area contributed by atoms with Crippen molar-refractivity contribution in [3.05, 3.63) is 68.1 Å². The molecule has 1 heterocycles. The van der Waals surface area contributed by atoms with Gasteiger partial charge in [-0.1, -0.05) is 104 Å². The summed E-state index contributed by atoms with van der Waals surface area (Å²) in [4.78, 5) is 40.2. The number of benzene rings is 2. The molecule has 0 spiro atoms. The number of oxime groups is 1. The molecule has 8 nitrogen and oxygen atoms in total. The fourth-order valence-corrected chi connectivity index (χ4v) is 5.09. The summed E-state index contributed by atoms with van der Waals surface area (Å²) in [5.41, 5.74) is 5.93. The number of terminal acetylenes is 1. The molecule has 1 aliphatic rings. The summed E-state index contributed by atoms with van der Waals surface area (Å²) in [6.07, 6.45) is 16.2. The molecule has 1 aliphatic heterocycles. The molecule has 0 aromatic heterocycles. The van der Waals surface area contributed by atoms with Gasteiger partial charge in [0.2, 0.25) is 5.91 Å². The predicted octanol–water partition coefficient (Wildman–Crippen LogP) is 10.2. The van der Waals surface area contributed by atoms with Crippen LogP contribution in [0.2, 0.25) is 20.1 Å². The number of carbonyl (C=O) groups is 3. The highest BCUT2D eigenvalue weighted by Crippen LogP contribution is 2.20. The lowest BCUT2D eigenvalue weighted by molar-refractivity contribution is -0.118. The first-order valence-electron chi connectivity index (χ1n) is 17.4. The number of Topliss-reactive ketones (excluding diaryl/α,β-unsaturated/α-hetero) is 1. The molecular formula is C39H58Cl4N4O4. The van der Waals surface area contributed by atoms with Crippen molar-refractivity contribution in [1.29, 1.82) is 0 Å². The van der Waals surface area contributed by atoms with Gasteiger partial charge in [-0.2, -0.15) is 0 Å². The highest BCUT2D eigenvalue weighted by Gasteiger charge is 2.19. The molecule has 1 fully saturated rings. The van der Waals surface area contributed by atoms with Gasteiger partial charge >= 0.3 is 0 Å². The molecule has 2 amide bonds. The number of hydrogen-bond donors (Lipinski definition) is 2. The van der Waals surface area contributed by atoms with Gasteiger partial charge in [0.25, 0.3) is 5.91 Å². The van der Waals surface area contributed by atoms with E-state index in [-0.39, 0.29) is 17.7 Å². The van der Waals surface area contributed by atoms with Crippen LogP contribution in [0.4, 0.5) is 0 Å². The maximum absolute atomic E-state index is 12.5. The normalized spacial score (nSPS) is 13.2. The molecule has 0 aliphatic carbocycles. The number of amides is 2.